The van der Waals surface area contributed by atoms with Crippen LogP contribution in [0.5, 0.6) is 0 Å². The van der Waals surface area contributed by atoms with Crippen LogP contribution in [0, 0.1) is 0 Å². The van der Waals surface area contributed by atoms with Crippen LogP contribution in [0.3, 0.4) is 0 Å². The Labute approximate surface area is 86.9 Å². The average molecular weight is 196 g/mol. The molecule has 3 rings (SSSR count). The predicted octanol–water partition coefficient (Wildman–Crippen LogP) is 1.70. The van der Waals surface area contributed by atoms with Gasteiger partial charge in [0, 0.05) is 17.6 Å². The summed E-state index contributed by atoms with van der Waals surface area (Å²) in [6, 6.07) is 7.70. The zero-order valence-corrected chi connectivity index (χ0v) is 7.99. The molecule has 0 atom stereocenters. The number of ketones is 2. The Morgan fingerprint density at radius 2 is 1.67 bits per heavy atom. The number of hydrogen-bond donors (Lipinski definition) is 0. The van der Waals surface area contributed by atoms with Gasteiger partial charge >= 0.3 is 0 Å². The van der Waals surface area contributed by atoms with Gasteiger partial charge in [0.15, 0.2) is 11.6 Å². The maximum atomic E-state index is 11.7. The minimum atomic E-state index is -0.0467. The first-order valence-electron chi connectivity index (χ1n) is 4.85. The lowest BCUT2D eigenvalue weighted by atomic mass is 9.95. The number of benzene rings is 1. The van der Waals surface area contributed by atoms with Gasteiger partial charge < -0.3 is 0 Å². The molecule has 0 saturated carbocycles. The van der Waals surface area contributed by atoms with Crippen LogP contribution in [0.4, 0.5) is 0 Å². The minimum absolute atomic E-state index is 0.0270. The molecule has 0 bridgehead atoms. The van der Waals surface area contributed by atoms with E-state index in [1.165, 1.54) is 12.2 Å². The van der Waals surface area contributed by atoms with Crippen LogP contribution in [-0.2, 0) is 16.0 Å². The van der Waals surface area contributed by atoms with E-state index in [1.807, 2.05) is 24.3 Å². The second kappa shape index (κ2) is 2.76. The Balaban J connectivity index is 2.25. The summed E-state index contributed by atoms with van der Waals surface area (Å²) >= 11 is 0. The van der Waals surface area contributed by atoms with Crippen LogP contribution in [0.1, 0.15) is 11.1 Å². The molecule has 0 amide bonds. The second-order valence-corrected chi connectivity index (χ2v) is 3.75. The normalized spacial score (nSPS) is 18.1. The summed E-state index contributed by atoms with van der Waals surface area (Å²) in [5.41, 5.74) is 3.27. The molecule has 0 spiro atoms. The molecule has 0 radical (unpaired) electrons. The molecule has 1 aromatic rings. The van der Waals surface area contributed by atoms with Crippen molar-refractivity contribution < 1.29 is 9.59 Å². The summed E-state index contributed by atoms with van der Waals surface area (Å²) < 4.78 is 0. The highest BCUT2D eigenvalue weighted by atomic mass is 16.1. The van der Waals surface area contributed by atoms with Gasteiger partial charge in [-0.1, -0.05) is 24.3 Å². The standard InChI is InChI=1S/C13H8O2/c14-11-5-6-12(15)13-9-4-2-1-3-8(9)7-10(11)13/h1-6H,7H2. The van der Waals surface area contributed by atoms with Gasteiger partial charge in [-0.25, -0.2) is 0 Å². The van der Waals surface area contributed by atoms with Gasteiger partial charge in [-0.05, 0) is 23.3 Å². The van der Waals surface area contributed by atoms with Gasteiger partial charge in [-0.15, -0.1) is 0 Å². The first-order valence-corrected chi connectivity index (χ1v) is 4.85. The molecule has 0 unspecified atom stereocenters. The fraction of sp³-hybridized carbons (Fsp3) is 0.0769. The third-order valence-electron chi connectivity index (χ3n) is 2.89. The van der Waals surface area contributed by atoms with E-state index in [9.17, 15) is 9.59 Å². The van der Waals surface area contributed by atoms with E-state index in [0.717, 1.165) is 11.1 Å². The molecule has 0 saturated heterocycles. The molecule has 0 N–H and O–H groups in total. The first-order chi connectivity index (χ1) is 7.27. The SMILES string of the molecule is O=C1C=CC(=O)C2=C1Cc1ccccc12. The zero-order valence-electron chi connectivity index (χ0n) is 7.99. The van der Waals surface area contributed by atoms with Gasteiger partial charge in [-0.2, -0.15) is 0 Å². The minimum Gasteiger partial charge on any atom is -0.290 e. The van der Waals surface area contributed by atoms with E-state index in [-0.39, 0.29) is 11.6 Å². The van der Waals surface area contributed by atoms with Crippen molar-refractivity contribution in [2.75, 3.05) is 0 Å². The van der Waals surface area contributed by atoms with E-state index in [2.05, 4.69) is 0 Å². The summed E-state index contributed by atoms with van der Waals surface area (Å²) in [6.07, 6.45) is 3.33. The number of carbonyl (C=O) groups is 2. The molecule has 2 aliphatic carbocycles. The lowest BCUT2D eigenvalue weighted by Gasteiger charge is -2.06. The lowest BCUT2D eigenvalue weighted by molar-refractivity contribution is -0.113. The monoisotopic (exact) mass is 196 g/mol. The van der Waals surface area contributed by atoms with Crippen molar-refractivity contribution in [2.45, 2.75) is 6.42 Å². The second-order valence-electron chi connectivity index (χ2n) is 3.75. The highest BCUT2D eigenvalue weighted by Gasteiger charge is 2.30. The van der Waals surface area contributed by atoms with Gasteiger partial charge in [0.1, 0.15) is 0 Å². The van der Waals surface area contributed by atoms with E-state index < -0.39 is 0 Å². The van der Waals surface area contributed by atoms with Crippen molar-refractivity contribution in [2.24, 2.45) is 0 Å². The van der Waals surface area contributed by atoms with E-state index >= 15 is 0 Å². The molecule has 2 heteroatoms. The van der Waals surface area contributed by atoms with Crippen molar-refractivity contribution in [1.82, 2.24) is 0 Å². The summed E-state index contributed by atoms with van der Waals surface area (Å²) in [5.74, 6) is -0.0737. The fourth-order valence-electron chi connectivity index (χ4n) is 2.19. The van der Waals surface area contributed by atoms with Crippen molar-refractivity contribution >= 4 is 17.1 Å². The first kappa shape index (κ1) is 8.36. The maximum Gasteiger partial charge on any atom is 0.187 e. The Kier molecular flexibility index (Phi) is 1.54. The zero-order chi connectivity index (χ0) is 10.4. The summed E-state index contributed by atoms with van der Waals surface area (Å²) in [7, 11) is 0. The quantitative estimate of drug-likeness (QED) is 0.592. The van der Waals surface area contributed by atoms with Gasteiger partial charge in [0.25, 0.3) is 0 Å². The molecule has 2 nitrogen and oxygen atoms in total. The predicted molar refractivity (Wildman–Crippen MR) is 56.2 cm³/mol. The Bertz CT molecular complexity index is 547. The smallest absolute Gasteiger partial charge is 0.187 e. The molecule has 0 aromatic heterocycles. The third-order valence-corrected chi connectivity index (χ3v) is 2.89. The van der Waals surface area contributed by atoms with E-state index in [4.69, 9.17) is 0 Å². The largest absolute Gasteiger partial charge is 0.290 e. The van der Waals surface area contributed by atoms with E-state index in [1.54, 1.807) is 0 Å². The Hall–Kier alpha value is -1.96. The van der Waals surface area contributed by atoms with Crippen LogP contribution >= 0.6 is 0 Å². The lowest BCUT2D eigenvalue weighted by Crippen LogP contribution is -2.10. The number of carbonyl (C=O) groups excluding carboxylic acids is 2. The van der Waals surface area contributed by atoms with Gasteiger partial charge in [0.05, 0.1) is 0 Å². The molecule has 15 heavy (non-hydrogen) atoms. The van der Waals surface area contributed by atoms with Crippen molar-refractivity contribution in [3.05, 3.63) is 53.1 Å². The van der Waals surface area contributed by atoms with Crippen LogP contribution in [-0.4, -0.2) is 11.6 Å². The average Bonchev–Trinajstić information content (AvgIpc) is 2.64. The van der Waals surface area contributed by atoms with Crippen LogP contribution in [0.15, 0.2) is 42.0 Å². The number of hydrogen-bond acceptors (Lipinski definition) is 2. The van der Waals surface area contributed by atoms with Crippen LogP contribution in [0.25, 0.3) is 5.57 Å². The summed E-state index contributed by atoms with van der Waals surface area (Å²) in [5, 5.41) is 0. The molecule has 2 aliphatic rings. The van der Waals surface area contributed by atoms with Crippen molar-refractivity contribution in [1.29, 1.82) is 0 Å². The Morgan fingerprint density at radius 3 is 2.53 bits per heavy atom. The summed E-state index contributed by atoms with van der Waals surface area (Å²) in [4.78, 5) is 23.3. The van der Waals surface area contributed by atoms with Crippen molar-refractivity contribution in [3.63, 3.8) is 0 Å². The highest BCUT2D eigenvalue weighted by molar-refractivity contribution is 6.37. The van der Waals surface area contributed by atoms with Gasteiger partial charge in [-0.3, -0.25) is 9.59 Å². The number of fused-ring (bicyclic) bond motifs is 2. The molecule has 72 valence electrons. The Morgan fingerprint density at radius 1 is 0.933 bits per heavy atom. The number of rotatable bonds is 0. The molecule has 0 heterocycles. The molecular formula is C13H8O2. The van der Waals surface area contributed by atoms with Crippen LogP contribution < -0.4 is 0 Å². The fourth-order valence-corrected chi connectivity index (χ4v) is 2.19. The number of allylic oxidation sites excluding steroid dienone is 4. The topological polar surface area (TPSA) is 34.1 Å². The molecular weight excluding hydrogens is 188 g/mol. The maximum absolute atomic E-state index is 11.7. The summed E-state index contributed by atoms with van der Waals surface area (Å²) in [6.45, 7) is 0. The van der Waals surface area contributed by atoms with Crippen molar-refractivity contribution in [3.8, 4) is 0 Å². The van der Waals surface area contributed by atoms with E-state index in [0.29, 0.717) is 17.6 Å². The third kappa shape index (κ3) is 1.05. The van der Waals surface area contributed by atoms with Crippen LogP contribution in [0.2, 0.25) is 0 Å². The molecule has 0 aliphatic heterocycles. The van der Waals surface area contributed by atoms with Gasteiger partial charge in [0.2, 0.25) is 0 Å². The highest BCUT2D eigenvalue weighted by Crippen LogP contribution is 2.35. The molecule has 1 aromatic carbocycles. The molecule has 0 fully saturated rings.